The molecule has 1 fully saturated rings. The standard InChI is InChI=1S/C16H20N2O2.C2H6/c1-12-10-13(11-18-6-8-20-9-7-18)14-4-3-5-17-15(14)16(12)19-2;1-2/h3-5,10H,6-9,11H2,1-2H3;1-2H3. The zero-order valence-electron chi connectivity index (χ0n) is 14.1. The van der Waals surface area contributed by atoms with Crippen LogP contribution in [0.1, 0.15) is 25.0 Å². The van der Waals surface area contributed by atoms with E-state index in [-0.39, 0.29) is 0 Å². The molecule has 1 aromatic heterocycles. The van der Waals surface area contributed by atoms with Gasteiger partial charge in [0, 0.05) is 31.2 Å². The summed E-state index contributed by atoms with van der Waals surface area (Å²) in [5.74, 6) is 0.881. The third-order valence-electron chi connectivity index (χ3n) is 3.82. The van der Waals surface area contributed by atoms with Crippen molar-refractivity contribution < 1.29 is 9.47 Å². The number of ether oxygens (including phenoxy) is 2. The quantitative estimate of drug-likeness (QED) is 0.870. The first kappa shape index (κ1) is 16.7. The summed E-state index contributed by atoms with van der Waals surface area (Å²) in [6, 6.07) is 6.33. The lowest BCUT2D eigenvalue weighted by molar-refractivity contribution is 0.0343. The molecule has 2 aromatic rings. The van der Waals surface area contributed by atoms with Gasteiger partial charge in [-0.2, -0.15) is 0 Å². The summed E-state index contributed by atoms with van der Waals surface area (Å²) >= 11 is 0. The molecule has 0 spiro atoms. The third-order valence-corrected chi connectivity index (χ3v) is 3.82. The Kier molecular flexibility index (Phi) is 6.16. The molecule has 2 heterocycles. The largest absolute Gasteiger partial charge is 0.494 e. The second-order valence-corrected chi connectivity index (χ2v) is 5.17. The summed E-state index contributed by atoms with van der Waals surface area (Å²) < 4.78 is 10.9. The highest BCUT2D eigenvalue weighted by Crippen LogP contribution is 2.31. The molecule has 0 atom stereocenters. The third kappa shape index (κ3) is 3.57. The molecule has 4 nitrogen and oxygen atoms in total. The summed E-state index contributed by atoms with van der Waals surface area (Å²) in [6.07, 6.45) is 1.82. The minimum absolute atomic E-state index is 0.825. The molecule has 1 aliphatic heterocycles. The first-order valence-corrected chi connectivity index (χ1v) is 8.01. The van der Waals surface area contributed by atoms with E-state index in [0.717, 1.165) is 49.7 Å². The number of morpholine rings is 1. The fourth-order valence-corrected chi connectivity index (χ4v) is 2.83. The van der Waals surface area contributed by atoms with Gasteiger partial charge < -0.3 is 9.47 Å². The maximum absolute atomic E-state index is 5.51. The van der Waals surface area contributed by atoms with Gasteiger partial charge in [0.25, 0.3) is 0 Å². The number of aryl methyl sites for hydroxylation is 1. The van der Waals surface area contributed by atoms with Crippen molar-refractivity contribution in [1.82, 2.24) is 9.88 Å². The molecule has 0 saturated carbocycles. The summed E-state index contributed by atoms with van der Waals surface area (Å²) in [6.45, 7) is 10.7. The number of hydrogen-bond acceptors (Lipinski definition) is 4. The molecule has 4 heteroatoms. The van der Waals surface area contributed by atoms with Gasteiger partial charge in [0.05, 0.1) is 20.3 Å². The molecule has 0 N–H and O–H groups in total. The smallest absolute Gasteiger partial charge is 0.147 e. The predicted molar refractivity (Wildman–Crippen MR) is 90.5 cm³/mol. The first-order valence-electron chi connectivity index (χ1n) is 8.01. The lowest BCUT2D eigenvalue weighted by Crippen LogP contribution is -2.35. The van der Waals surface area contributed by atoms with E-state index >= 15 is 0 Å². The van der Waals surface area contributed by atoms with Crippen LogP contribution in [0.4, 0.5) is 0 Å². The molecule has 0 amide bonds. The van der Waals surface area contributed by atoms with Crippen molar-refractivity contribution in [3.8, 4) is 5.75 Å². The lowest BCUT2D eigenvalue weighted by Gasteiger charge is -2.27. The van der Waals surface area contributed by atoms with E-state index in [1.54, 1.807) is 7.11 Å². The van der Waals surface area contributed by atoms with Gasteiger partial charge >= 0.3 is 0 Å². The lowest BCUT2D eigenvalue weighted by atomic mass is 10.0. The van der Waals surface area contributed by atoms with Gasteiger partial charge in [0.1, 0.15) is 11.3 Å². The van der Waals surface area contributed by atoms with Crippen LogP contribution >= 0.6 is 0 Å². The molecule has 1 aromatic carbocycles. The van der Waals surface area contributed by atoms with Crippen molar-refractivity contribution in [1.29, 1.82) is 0 Å². The molecular weight excluding hydrogens is 276 g/mol. The van der Waals surface area contributed by atoms with Crippen molar-refractivity contribution >= 4 is 10.9 Å². The van der Waals surface area contributed by atoms with E-state index < -0.39 is 0 Å². The minimum Gasteiger partial charge on any atom is -0.494 e. The number of methoxy groups -OCH3 is 1. The van der Waals surface area contributed by atoms with Crippen LogP contribution in [0.25, 0.3) is 10.9 Å². The maximum atomic E-state index is 5.51. The van der Waals surface area contributed by atoms with Crippen LogP contribution in [0.15, 0.2) is 24.4 Å². The Morgan fingerprint density at radius 1 is 1.27 bits per heavy atom. The predicted octanol–water partition coefficient (Wildman–Crippen LogP) is 3.41. The summed E-state index contributed by atoms with van der Waals surface area (Å²) in [5, 5.41) is 1.18. The fourth-order valence-electron chi connectivity index (χ4n) is 2.83. The molecule has 120 valence electrons. The average molecular weight is 302 g/mol. The van der Waals surface area contributed by atoms with Crippen LogP contribution in [-0.4, -0.2) is 43.3 Å². The number of hydrogen-bond donors (Lipinski definition) is 0. The number of benzene rings is 1. The molecule has 0 bridgehead atoms. The molecule has 22 heavy (non-hydrogen) atoms. The Bertz CT molecular complexity index is 607. The van der Waals surface area contributed by atoms with Crippen LogP contribution in [0.2, 0.25) is 0 Å². The van der Waals surface area contributed by atoms with Crippen molar-refractivity contribution in [2.24, 2.45) is 0 Å². The molecule has 0 aliphatic carbocycles. The highest BCUT2D eigenvalue weighted by molar-refractivity contribution is 5.88. The van der Waals surface area contributed by atoms with Gasteiger partial charge in [-0.05, 0) is 24.1 Å². The van der Waals surface area contributed by atoms with E-state index in [9.17, 15) is 0 Å². The summed E-state index contributed by atoms with van der Waals surface area (Å²) in [7, 11) is 1.71. The number of fused-ring (bicyclic) bond motifs is 1. The van der Waals surface area contributed by atoms with Gasteiger partial charge in [-0.3, -0.25) is 9.88 Å². The zero-order chi connectivity index (χ0) is 15.9. The first-order chi connectivity index (χ1) is 10.8. The second kappa shape index (κ2) is 8.11. The Morgan fingerprint density at radius 2 is 2.00 bits per heavy atom. The SMILES string of the molecule is CC.COc1c(C)cc(CN2CCOCC2)c2cccnc12. The van der Waals surface area contributed by atoms with Crippen molar-refractivity contribution in [2.75, 3.05) is 33.4 Å². The topological polar surface area (TPSA) is 34.6 Å². The molecule has 1 aliphatic rings. The fraction of sp³-hybridized carbons (Fsp3) is 0.500. The van der Waals surface area contributed by atoms with Gasteiger partial charge in [-0.25, -0.2) is 0 Å². The van der Waals surface area contributed by atoms with Crippen LogP contribution in [0.5, 0.6) is 5.75 Å². The monoisotopic (exact) mass is 302 g/mol. The van der Waals surface area contributed by atoms with Crippen LogP contribution in [0, 0.1) is 6.92 Å². The van der Waals surface area contributed by atoms with Crippen molar-refractivity contribution in [3.63, 3.8) is 0 Å². The zero-order valence-corrected chi connectivity index (χ0v) is 14.1. The maximum Gasteiger partial charge on any atom is 0.147 e. The molecule has 3 rings (SSSR count). The molecule has 0 radical (unpaired) electrons. The second-order valence-electron chi connectivity index (χ2n) is 5.17. The summed E-state index contributed by atoms with van der Waals surface area (Å²) in [5.41, 5.74) is 3.41. The van der Waals surface area contributed by atoms with E-state index in [4.69, 9.17) is 9.47 Å². The van der Waals surface area contributed by atoms with Crippen LogP contribution in [0.3, 0.4) is 0 Å². The van der Waals surface area contributed by atoms with Crippen LogP contribution < -0.4 is 4.74 Å². The highest BCUT2D eigenvalue weighted by Gasteiger charge is 2.15. The number of pyridine rings is 1. The Labute approximate surface area is 133 Å². The Balaban J connectivity index is 0.000000847. The van der Waals surface area contributed by atoms with Gasteiger partial charge in [0.15, 0.2) is 0 Å². The van der Waals surface area contributed by atoms with Gasteiger partial charge in [0.2, 0.25) is 0 Å². The number of aromatic nitrogens is 1. The molecule has 1 saturated heterocycles. The van der Waals surface area contributed by atoms with Crippen LogP contribution in [-0.2, 0) is 11.3 Å². The van der Waals surface area contributed by atoms with Gasteiger partial charge in [-0.1, -0.05) is 26.0 Å². The Hall–Kier alpha value is -1.65. The normalized spacial score (nSPS) is 15.3. The van der Waals surface area contributed by atoms with E-state index in [1.807, 2.05) is 26.1 Å². The van der Waals surface area contributed by atoms with E-state index in [0.29, 0.717) is 0 Å². The Morgan fingerprint density at radius 3 is 2.68 bits per heavy atom. The van der Waals surface area contributed by atoms with Crippen molar-refractivity contribution in [2.45, 2.75) is 27.3 Å². The van der Waals surface area contributed by atoms with E-state index in [1.165, 1.54) is 10.9 Å². The molecular formula is C18H26N2O2. The average Bonchev–Trinajstić information content (AvgIpc) is 2.58. The molecule has 0 unspecified atom stereocenters. The van der Waals surface area contributed by atoms with Gasteiger partial charge in [-0.15, -0.1) is 0 Å². The summed E-state index contributed by atoms with van der Waals surface area (Å²) in [4.78, 5) is 6.93. The highest BCUT2D eigenvalue weighted by atomic mass is 16.5. The number of rotatable bonds is 3. The van der Waals surface area contributed by atoms with E-state index in [2.05, 4.69) is 28.9 Å². The van der Waals surface area contributed by atoms with Crippen molar-refractivity contribution in [3.05, 3.63) is 35.5 Å². The number of nitrogens with zero attached hydrogens (tertiary/aromatic N) is 2. The minimum atomic E-state index is 0.825.